The zero-order chi connectivity index (χ0) is 12.8. The summed E-state index contributed by atoms with van der Waals surface area (Å²) in [7, 11) is -3.08. The van der Waals surface area contributed by atoms with E-state index in [1.54, 1.807) is 22.9 Å². The number of hydrogen-bond donors (Lipinski definition) is 1. The summed E-state index contributed by atoms with van der Waals surface area (Å²) in [6.45, 7) is 1.84. The third kappa shape index (κ3) is 1.84. The Kier molecular flexibility index (Phi) is 2.34. The van der Waals surface area contributed by atoms with Gasteiger partial charge in [-0.2, -0.15) is 0 Å². The quantitative estimate of drug-likeness (QED) is 0.831. The number of hydrogen-bond acceptors (Lipinski definition) is 6. The van der Waals surface area contributed by atoms with Gasteiger partial charge in [0.25, 0.3) is 0 Å². The van der Waals surface area contributed by atoms with Gasteiger partial charge in [-0.25, -0.2) is 13.4 Å². The van der Waals surface area contributed by atoms with Crippen molar-refractivity contribution in [2.75, 3.05) is 11.1 Å². The van der Waals surface area contributed by atoms with Gasteiger partial charge in [-0.15, -0.1) is 10.2 Å². The van der Waals surface area contributed by atoms with Crippen LogP contribution in [0.25, 0.3) is 5.65 Å². The Labute approximate surface area is 103 Å². The van der Waals surface area contributed by atoms with Gasteiger partial charge in [0.2, 0.25) is 5.65 Å². The van der Waals surface area contributed by atoms with Gasteiger partial charge >= 0.3 is 0 Å². The molecule has 0 radical (unpaired) electrons. The molecule has 0 fully saturated rings. The molecule has 0 spiro atoms. The number of rotatable bonds is 2. The van der Waals surface area contributed by atoms with Gasteiger partial charge in [0.1, 0.15) is 5.82 Å². The van der Waals surface area contributed by atoms with Crippen LogP contribution in [0.15, 0.2) is 23.9 Å². The number of aryl methyl sites for hydroxylation is 1. The molecule has 18 heavy (non-hydrogen) atoms. The van der Waals surface area contributed by atoms with Crippen LogP contribution in [0.4, 0.5) is 5.82 Å². The molecule has 1 unspecified atom stereocenters. The highest BCUT2D eigenvalue weighted by molar-refractivity contribution is 7.94. The van der Waals surface area contributed by atoms with Crippen molar-refractivity contribution in [2.45, 2.75) is 13.0 Å². The molecule has 8 heteroatoms. The molecule has 94 valence electrons. The molecule has 0 aliphatic carbocycles. The van der Waals surface area contributed by atoms with Crippen LogP contribution in [0.2, 0.25) is 0 Å². The largest absolute Gasteiger partial charge is 0.360 e. The molecular weight excluding hydrogens is 254 g/mol. The third-order valence-corrected chi connectivity index (χ3v) is 4.15. The molecule has 0 amide bonds. The van der Waals surface area contributed by atoms with E-state index in [2.05, 4.69) is 20.5 Å². The molecule has 2 aromatic heterocycles. The van der Waals surface area contributed by atoms with Gasteiger partial charge in [0.15, 0.2) is 15.7 Å². The van der Waals surface area contributed by atoms with E-state index in [0.29, 0.717) is 11.5 Å². The predicted octanol–water partition coefficient (Wildman–Crippen LogP) is 0.155. The van der Waals surface area contributed by atoms with Crippen molar-refractivity contribution < 1.29 is 8.42 Å². The molecule has 0 bridgehead atoms. The number of anilines is 1. The number of nitrogens with zero attached hydrogens (tertiary/aromatic N) is 4. The second-order valence-corrected chi connectivity index (χ2v) is 6.06. The summed E-state index contributed by atoms with van der Waals surface area (Å²) in [6, 6.07) is -0.272. The lowest BCUT2D eigenvalue weighted by Gasteiger charge is -2.10. The summed E-state index contributed by atoms with van der Waals surface area (Å²) in [4.78, 5) is 4.17. The highest BCUT2D eigenvalue weighted by Crippen LogP contribution is 2.17. The number of aromatic nitrogens is 4. The standard InChI is InChI=1S/C10H11N5O2S/c1-7-13-14-10-9(11-3-4-15(7)10)12-8-2-5-18(16,17)6-8/h2-5,8H,6H2,1H3,(H,11,12). The lowest BCUT2D eigenvalue weighted by Crippen LogP contribution is -2.22. The number of nitrogens with one attached hydrogen (secondary N) is 1. The first kappa shape index (κ1) is 11.1. The zero-order valence-electron chi connectivity index (χ0n) is 9.61. The van der Waals surface area contributed by atoms with Crippen molar-refractivity contribution in [3.05, 3.63) is 29.7 Å². The van der Waals surface area contributed by atoms with Crippen molar-refractivity contribution in [3.8, 4) is 0 Å². The summed E-state index contributed by atoms with van der Waals surface area (Å²) in [5.74, 6) is 1.33. The fourth-order valence-electron chi connectivity index (χ4n) is 1.88. The molecule has 0 aromatic carbocycles. The minimum absolute atomic E-state index is 0.0445. The fraction of sp³-hybridized carbons (Fsp3) is 0.300. The molecule has 3 heterocycles. The van der Waals surface area contributed by atoms with E-state index in [1.165, 1.54) is 5.41 Å². The average Bonchev–Trinajstić information content (AvgIpc) is 2.84. The molecule has 1 aliphatic rings. The van der Waals surface area contributed by atoms with Crippen LogP contribution in [-0.2, 0) is 9.84 Å². The van der Waals surface area contributed by atoms with E-state index in [1.807, 2.05) is 6.92 Å². The number of sulfone groups is 1. The topological polar surface area (TPSA) is 89.2 Å². The summed E-state index contributed by atoms with van der Waals surface area (Å²) >= 11 is 0. The summed E-state index contributed by atoms with van der Waals surface area (Å²) < 4.78 is 24.4. The van der Waals surface area contributed by atoms with Gasteiger partial charge in [-0.05, 0) is 13.0 Å². The highest BCUT2D eigenvalue weighted by atomic mass is 32.2. The van der Waals surface area contributed by atoms with Crippen LogP contribution < -0.4 is 5.32 Å². The molecule has 0 saturated heterocycles. The van der Waals surface area contributed by atoms with E-state index in [0.717, 1.165) is 5.82 Å². The molecule has 0 saturated carbocycles. The van der Waals surface area contributed by atoms with Crippen LogP contribution >= 0.6 is 0 Å². The van der Waals surface area contributed by atoms with Crippen molar-refractivity contribution in [1.29, 1.82) is 0 Å². The van der Waals surface area contributed by atoms with Crippen LogP contribution in [-0.4, -0.2) is 39.8 Å². The first-order chi connectivity index (χ1) is 8.55. The smallest absolute Gasteiger partial charge is 0.203 e. The second kappa shape index (κ2) is 3.77. The third-order valence-electron chi connectivity index (χ3n) is 2.75. The Morgan fingerprint density at radius 1 is 1.44 bits per heavy atom. The lowest BCUT2D eigenvalue weighted by atomic mass is 10.3. The minimum Gasteiger partial charge on any atom is -0.360 e. The molecule has 2 aromatic rings. The first-order valence-electron chi connectivity index (χ1n) is 5.39. The second-order valence-electron chi connectivity index (χ2n) is 4.13. The maximum atomic E-state index is 11.3. The van der Waals surface area contributed by atoms with Gasteiger partial charge < -0.3 is 5.32 Å². The maximum Gasteiger partial charge on any atom is 0.203 e. The normalized spacial score (nSPS) is 21.5. The molecule has 7 nitrogen and oxygen atoms in total. The monoisotopic (exact) mass is 265 g/mol. The molecule has 3 rings (SSSR count). The molecular formula is C10H11N5O2S. The van der Waals surface area contributed by atoms with E-state index >= 15 is 0 Å². The van der Waals surface area contributed by atoms with Crippen LogP contribution in [0.3, 0.4) is 0 Å². The molecule has 1 N–H and O–H groups in total. The Balaban J connectivity index is 1.94. The SMILES string of the molecule is Cc1nnc2c(NC3C=CS(=O)(=O)C3)nccn12. The fourth-order valence-corrected chi connectivity index (χ4v) is 3.12. The van der Waals surface area contributed by atoms with Crippen molar-refractivity contribution >= 4 is 21.3 Å². The van der Waals surface area contributed by atoms with E-state index < -0.39 is 9.84 Å². The summed E-state index contributed by atoms with van der Waals surface area (Å²) in [5.41, 5.74) is 0.590. The lowest BCUT2D eigenvalue weighted by molar-refractivity contribution is 0.605. The zero-order valence-corrected chi connectivity index (χ0v) is 10.4. The minimum atomic E-state index is -3.08. The first-order valence-corrected chi connectivity index (χ1v) is 7.10. The van der Waals surface area contributed by atoms with Crippen molar-refractivity contribution in [1.82, 2.24) is 19.6 Å². The van der Waals surface area contributed by atoms with Gasteiger partial charge in [-0.3, -0.25) is 4.40 Å². The maximum absolute atomic E-state index is 11.3. The van der Waals surface area contributed by atoms with E-state index in [-0.39, 0.29) is 11.8 Å². The van der Waals surface area contributed by atoms with Gasteiger partial charge in [0, 0.05) is 17.8 Å². The van der Waals surface area contributed by atoms with Gasteiger partial charge in [-0.1, -0.05) is 0 Å². The Bertz CT molecular complexity index is 734. The van der Waals surface area contributed by atoms with E-state index in [9.17, 15) is 8.42 Å². The number of fused-ring (bicyclic) bond motifs is 1. The van der Waals surface area contributed by atoms with Crippen molar-refractivity contribution in [2.24, 2.45) is 0 Å². The Hall–Kier alpha value is -1.96. The van der Waals surface area contributed by atoms with Gasteiger partial charge in [0.05, 0.1) is 11.8 Å². The summed E-state index contributed by atoms with van der Waals surface area (Å²) in [6.07, 6.45) is 5.00. The van der Waals surface area contributed by atoms with Crippen molar-refractivity contribution in [3.63, 3.8) is 0 Å². The Morgan fingerprint density at radius 2 is 2.28 bits per heavy atom. The Morgan fingerprint density at radius 3 is 3.00 bits per heavy atom. The highest BCUT2D eigenvalue weighted by Gasteiger charge is 2.22. The molecule has 1 atom stereocenters. The average molecular weight is 265 g/mol. The van der Waals surface area contributed by atoms with Crippen LogP contribution in [0.5, 0.6) is 0 Å². The van der Waals surface area contributed by atoms with Crippen LogP contribution in [0.1, 0.15) is 5.82 Å². The van der Waals surface area contributed by atoms with Crippen LogP contribution in [0, 0.1) is 6.92 Å². The molecule has 1 aliphatic heterocycles. The predicted molar refractivity (Wildman–Crippen MR) is 65.9 cm³/mol. The summed E-state index contributed by atoms with van der Waals surface area (Å²) in [5, 5.41) is 12.2. The van der Waals surface area contributed by atoms with E-state index in [4.69, 9.17) is 0 Å².